The van der Waals surface area contributed by atoms with Gasteiger partial charge in [0.25, 0.3) is 0 Å². The number of nitrogens with one attached hydrogen (secondary N) is 1. The molecule has 19 heavy (non-hydrogen) atoms. The van der Waals surface area contributed by atoms with E-state index < -0.39 is 0 Å². The van der Waals surface area contributed by atoms with Crippen molar-refractivity contribution in [2.24, 2.45) is 0 Å². The first-order valence-corrected chi connectivity index (χ1v) is 6.87. The largest absolute Gasteiger partial charge is 0.352 e. The Labute approximate surface area is 116 Å². The van der Waals surface area contributed by atoms with Gasteiger partial charge in [0.05, 0.1) is 5.69 Å². The third-order valence-corrected chi connectivity index (χ3v) is 2.49. The summed E-state index contributed by atoms with van der Waals surface area (Å²) in [5.41, 5.74) is 3.79. The van der Waals surface area contributed by atoms with E-state index in [9.17, 15) is 4.79 Å². The van der Waals surface area contributed by atoms with Gasteiger partial charge in [-0.15, -0.1) is 0 Å². The molecule has 1 aromatic carbocycles. The van der Waals surface area contributed by atoms with Gasteiger partial charge >= 0.3 is 0 Å². The third-order valence-electron chi connectivity index (χ3n) is 2.49. The van der Waals surface area contributed by atoms with Gasteiger partial charge in [0, 0.05) is 17.8 Å². The van der Waals surface area contributed by atoms with Crippen LogP contribution in [0.4, 0.5) is 0 Å². The highest BCUT2D eigenvalue weighted by atomic mass is 16.1. The predicted molar refractivity (Wildman–Crippen MR) is 85.7 cm³/mol. The van der Waals surface area contributed by atoms with Gasteiger partial charge in [0.15, 0.2) is 5.78 Å². The lowest BCUT2D eigenvalue weighted by Crippen LogP contribution is -1.89. The average Bonchev–Trinajstić information content (AvgIpc) is 2.86. The molecule has 0 amide bonds. The second kappa shape index (κ2) is 8.30. The summed E-state index contributed by atoms with van der Waals surface area (Å²) in [7, 11) is 0. The molecule has 0 spiro atoms. The number of fused-ring (bicyclic) bond motifs is 1. The Bertz CT molecular complexity index is 537. The number of benzene rings is 1. The molecule has 0 bridgehead atoms. The fraction of sp³-hybridized carbons (Fsp3) is 0.353. The van der Waals surface area contributed by atoms with E-state index in [4.69, 9.17) is 0 Å². The molecule has 0 fully saturated rings. The molecule has 0 saturated carbocycles. The molecule has 0 aliphatic carbocycles. The summed E-state index contributed by atoms with van der Waals surface area (Å²) in [6, 6.07) is 7.90. The smallest absolute Gasteiger partial charge is 0.175 e. The number of hydrogen-bond acceptors (Lipinski definition) is 1. The minimum atomic E-state index is 0.0584. The fourth-order valence-corrected chi connectivity index (χ4v) is 1.59. The quantitative estimate of drug-likeness (QED) is 0.714. The van der Waals surface area contributed by atoms with Gasteiger partial charge in [-0.1, -0.05) is 45.9 Å². The Morgan fingerprint density at radius 2 is 1.63 bits per heavy atom. The van der Waals surface area contributed by atoms with Gasteiger partial charge in [-0.05, 0) is 30.7 Å². The Hall–Kier alpha value is -1.83. The molecule has 1 N–H and O–H groups in total. The highest BCUT2D eigenvalue weighted by molar-refractivity contribution is 5.98. The number of carbonyl (C=O) groups is 1. The first-order chi connectivity index (χ1) is 9.08. The van der Waals surface area contributed by atoms with Gasteiger partial charge in [0.2, 0.25) is 0 Å². The van der Waals surface area contributed by atoms with E-state index in [1.54, 1.807) is 6.92 Å². The molecule has 0 unspecified atom stereocenters. The Balaban J connectivity index is 0.000000741. The number of ketones is 1. The van der Waals surface area contributed by atoms with Crippen LogP contribution in [0.15, 0.2) is 30.8 Å². The van der Waals surface area contributed by atoms with E-state index >= 15 is 0 Å². The van der Waals surface area contributed by atoms with Crippen LogP contribution in [0.25, 0.3) is 16.5 Å². The summed E-state index contributed by atoms with van der Waals surface area (Å²) in [5, 5.41) is 1.06. The molecule has 2 nitrogen and oxygen atoms in total. The molecule has 2 heteroatoms. The van der Waals surface area contributed by atoms with Crippen LogP contribution in [0.5, 0.6) is 0 Å². The second-order valence-electron chi connectivity index (χ2n) is 3.82. The van der Waals surface area contributed by atoms with Crippen LogP contribution >= 0.6 is 0 Å². The van der Waals surface area contributed by atoms with E-state index in [2.05, 4.69) is 11.6 Å². The average molecular weight is 259 g/mol. The van der Waals surface area contributed by atoms with Crippen LogP contribution < -0.4 is 0 Å². The highest BCUT2D eigenvalue weighted by Gasteiger charge is 2.05. The lowest BCUT2D eigenvalue weighted by Gasteiger charge is -1.98. The standard InChI is InChI=1S/C13H13NO.2C2H6/c1-8(2)10-4-5-12-11(6-10)7-13(14-12)9(3)15;2*1-2/h4-7,14H,1H2,2-3H3;2*1-2H3. The third kappa shape index (κ3) is 4.40. The molecule has 0 saturated heterocycles. The van der Waals surface area contributed by atoms with Crippen LogP contribution in [0.1, 0.15) is 57.6 Å². The Morgan fingerprint density at radius 3 is 2.11 bits per heavy atom. The van der Waals surface area contributed by atoms with Crippen molar-refractivity contribution in [3.8, 4) is 0 Å². The number of allylic oxidation sites excluding steroid dienone is 1. The van der Waals surface area contributed by atoms with E-state index in [0.717, 1.165) is 22.0 Å². The molecule has 0 radical (unpaired) electrons. The van der Waals surface area contributed by atoms with Crippen molar-refractivity contribution in [3.05, 3.63) is 42.1 Å². The molecule has 2 aromatic rings. The van der Waals surface area contributed by atoms with Crippen LogP contribution in [0.2, 0.25) is 0 Å². The molecule has 0 aliphatic rings. The molecule has 1 heterocycles. The van der Waals surface area contributed by atoms with Crippen molar-refractivity contribution in [2.45, 2.75) is 41.5 Å². The molecule has 2 rings (SSSR count). The van der Waals surface area contributed by atoms with Gasteiger partial charge in [-0.2, -0.15) is 0 Å². The number of Topliss-reactive ketones (excluding diaryl/α,β-unsaturated/α-hetero) is 1. The lowest BCUT2D eigenvalue weighted by molar-refractivity contribution is 0.101. The van der Waals surface area contributed by atoms with Crippen LogP contribution in [0.3, 0.4) is 0 Å². The maximum Gasteiger partial charge on any atom is 0.175 e. The zero-order chi connectivity index (χ0) is 15.0. The maximum absolute atomic E-state index is 11.2. The van der Waals surface area contributed by atoms with Crippen molar-refractivity contribution >= 4 is 22.3 Å². The number of aromatic nitrogens is 1. The highest BCUT2D eigenvalue weighted by Crippen LogP contribution is 2.21. The van der Waals surface area contributed by atoms with E-state index in [0.29, 0.717) is 5.69 Å². The lowest BCUT2D eigenvalue weighted by atomic mass is 10.1. The monoisotopic (exact) mass is 259 g/mol. The first-order valence-electron chi connectivity index (χ1n) is 6.87. The minimum absolute atomic E-state index is 0.0584. The number of rotatable bonds is 2. The van der Waals surface area contributed by atoms with Crippen LogP contribution in [0, 0.1) is 0 Å². The second-order valence-corrected chi connectivity index (χ2v) is 3.82. The SMILES string of the molecule is C=C(C)c1ccc2[nH]c(C(C)=O)cc2c1.CC.CC. The van der Waals surface area contributed by atoms with E-state index in [-0.39, 0.29) is 5.78 Å². The zero-order valence-corrected chi connectivity index (χ0v) is 12.9. The predicted octanol–water partition coefficient (Wildman–Crippen LogP) is 5.46. The molecule has 0 atom stereocenters. The van der Waals surface area contributed by atoms with Crippen molar-refractivity contribution < 1.29 is 4.79 Å². The summed E-state index contributed by atoms with van der Waals surface area (Å²) >= 11 is 0. The Morgan fingerprint density at radius 1 is 1.05 bits per heavy atom. The summed E-state index contributed by atoms with van der Waals surface area (Å²) in [5.74, 6) is 0.0584. The Kier molecular flexibility index (Phi) is 7.50. The molecular formula is C17H25NO. The maximum atomic E-state index is 11.2. The molecule has 104 valence electrons. The van der Waals surface area contributed by atoms with Crippen LogP contribution in [-0.4, -0.2) is 10.8 Å². The number of aromatic amines is 1. The van der Waals surface area contributed by atoms with E-state index in [1.165, 1.54) is 0 Å². The topological polar surface area (TPSA) is 32.9 Å². The number of hydrogen-bond donors (Lipinski definition) is 1. The fourth-order valence-electron chi connectivity index (χ4n) is 1.59. The summed E-state index contributed by atoms with van der Waals surface area (Å²) in [6.07, 6.45) is 0. The molecule has 1 aromatic heterocycles. The van der Waals surface area contributed by atoms with E-state index in [1.807, 2.05) is 58.9 Å². The summed E-state index contributed by atoms with van der Waals surface area (Å²) in [6.45, 7) is 15.4. The number of H-pyrrole nitrogens is 1. The summed E-state index contributed by atoms with van der Waals surface area (Å²) in [4.78, 5) is 14.3. The van der Waals surface area contributed by atoms with Crippen molar-refractivity contribution in [1.29, 1.82) is 0 Å². The van der Waals surface area contributed by atoms with Gasteiger partial charge in [-0.25, -0.2) is 0 Å². The number of carbonyl (C=O) groups excluding carboxylic acids is 1. The molecule has 0 aliphatic heterocycles. The normalized spacial score (nSPS) is 8.95. The van der Waals surface area contributed by atoms with Crippen LogP contribution in [-0.2, 0) is 0 Å². The summed E-state index contributed by atoms with van der Waals surface area (Å²) < 4.78 is 0. The van der Waals surface area contributed by atoms with Crippen molar-refractivity contribution in [3.63, 3.8) is 0 Å². The minimum Gasteiger partial charge on any atom is -0.352 e. The first kappa shape index (κ1) is 17.2. The van der Waals surface area contributed by atoms with Gasteiger partial charge < -0.3 is 4.98 Å². The zero-order valence-electron chi connectivity index (χ0n) is 12.9. The van der Waals surface area contributed by atoms with Crippen molar-refractivity contribution in [1.82, 2.24) is 4.98 Å². The van der Waals surface area contributed by atoms with Crippen molar-refractivity contribution in [2.75, 3.05) is 0 Å². The van der Waals surface area contributed by atoms with Gasteiger partial charge in [-0.3, -0.25) is 4.79 Å². The molecular weight excluding hydrogens is 234 g/mol. The van der Waals surface area contributed by atoms with Gasteiger partial charge in [0.1, 0.15) is 0 Å².